The Bertz CT molecular complexity index is 569. The first-order valence-corrected chi connectivity index (χ1v) is 6.59. The third kappa shape index (κ3) is 3.96. The first-order valence-electron chi connectivity index (χ1n) is 5.77. The molecular formula is C13H15N3O2S. The Hall–Kier alpha value is -2.08. The van der Waals surface area contributed by atoms with Gasteiger partial charge in [-0.1, -0.05) is 12.1 Å². The van der Waals surface area contributed by atoms with Gasteiger partial charge < -0.3 is 10.1 Å². The number of hydrogen-bond donors (Lipinski definition) is 2. The largest absolute Gasteiger partial charge is 0.497 e. The summed E-state index contributed by atoms with van der Waals surface area (Å²) >= 11 is 1.44. The summed E-state index contributed by atoms with van der Waals surface area (Å²) in [4.78, 5) is 16.8. The molecule has 2 amide bonds. The van der Waals surface area contributed by atoms with Crippen molar-refractivity contribution in [1.29, 1.82) is 0 Å². The van der Waals surface area contributed by atoms with E-state index in [1.165, 1.54) is 11.3 Å². The number of aromatic nitrogens is 1. The van der Waals surface area contributed by atoms with Crippen molar-refractivity contribution in [3.8, 4) is 5.75 Å². The topological polar surface area (TPSA) is 63.2 Å². The van der Waals surface area contributed by atoms with Crippen LogP contribution in [0.15, 0.2) is 30.5 Å². The van der Waals surface area contributed by atoms with Crippen LogP contribution in [0.2, 0.25) is 0 Å². The highest BCUT2D eigenvalue weighted by Crippen LogP contribution is 2.16. The fraction of sp³-hybridized carbons (Fsp3) is 0.231. The van der Waals surface area contributed by atoms with Crippen LogP contribution in [0.5, 0.6) is 5.75 Å². The van der Waals surface area contributed by atoms with Crippen molar-refractivity contribution in [1.82, 2.24) is 10.3 Å². The number of carbonyl (C=O) groups is 1. The molecule has 0 bridgehead atoms. The molecule has 1 aromatic heterocycles. The van der Waals surface area contributed by atoms with Gasteiger partial charge in [0, 0.05) is 17.6 Å². The lowest BCUT2D eigenvalue weighted by Gasteiger charge is -2.07. The van der Waals surface area contributed by atoms with Gasteiger partial charge in [0.2, 0.25) is 0 Å². The zero-order chi connectivity index (χ0) is 13.7. The van der Waals surface area contributed by atoms with E-state index in [0.29, 0.717) is 11.7 Å². The van der Waals surface area contributed by atoms with Crippen LogP contribution in [-0.2, 0) is 6.54 Å². The van der Waals surface area contributed by atoms with Gasteiger partial charge >= 0.3 is 6.03 Å². The SMILES string of the molecule is COc1cccc(CNC(=O)Nc2ncc(C)s2)c1. The summed E-state index contributed by atoms with van der Waals surface area (Å²) in [6, 6.07) is 7.29. The lowest BCUT2D eigenvalue weighted by atomic mass is 10.2. The number of anilines is 1. The van der Waals surface area contributed by atoms with Crippen LogP contribution in [0.3, 0.4) is 0 Å². The molecule has 0 spiro atoms. The first-order chi connectivity index (χ1) is 9.17. The Morgan fingerprint density at radius 1 is 1.47 bits per heavy atom. The van der Waals surface area contributed by atoms with E-state index < -0.39 is 0 Å². The van der Waals surface area contributed by atoms with Crippen molar-refractivity contribution >= 4 is 22.5 Å². The molecule has 0 fully saturated rings. The van der Waals surface area contributed by atoms with E-state index in [1.54, 1.807) is 13.3 Å². The summed E-state index contributed by atoms with van der Waals surface area (Å²) < 4.78 is 5.12. The second-order valence-electron chi connectivity index (χ2n) is 3.94. The van der Waals surface area contributed by atoms with Gasteiger partial charge in [-0.15, -0.1) is 11.3 Å². The van der Waals surface area contributed by atoms with Gasteiger partial charge in [-0.05, 0) is 24.6 Å². The lowest BCUT2D eigenvalue weighted by molar-refractivity contribution is 0.251. The molecule has 0 atom stereocenters. The van der Waals surface area contributed by atoms with Gasteiger partial charge in [0.1, 0.15) is 5.75 Å². The Morgan fingerprint density at radius 2 is 2.32 bits per heavy atom. The number of nitrogens with zero attached hydrogens (tertiary/aromatic N) is 1. The van der Waals surface area contributed by atoms with Crippen molar-refractivity contribution in [2.75, 3.05) is 12.4 Å². The van der Waals surface area contributed by atoms with Crippen LogP contribution in [0.1, 0.15) is 10.4 Å². The molecule has 1 aromatic carbocycles. The number of urea groups is 1. The summed E-state index contributed by atoms with van der Waals surface area (Å²) in [5, 5.41) is 6.05. The predicted molar refractivity (Wildman–Crippen MR) is 75.7 cm³/mol. The van der Waals surface area contributed by atoms with Gasteiger partial charge in [-0.2, -0.15) is 0 Å². The number of amides is 2. The number of carbonyl (C=O) groups excluding carboxylic acids is 1. The van der Waals surface area contributed by atoms with Gasteiger partial charge in [-0.25, -0.2) is 9.78 Å². The molecule has 0 unspecified atom stereocenters. The average molecular weight is 277 g/mol. The molecule has 0 radical (unpaired) electrons. The molecule has 19 heavy (non-hydrogen) atoms. The molecule has 6 heteroatoms. The molecule has 2 rings (SSSR count). The zero-order valence-electron chi connectivity index (χ0n) is 10.8. The number of aryl methyl sites for hydroxylation is 1. The molecule has 0 aliphatic carbocycles. The minimum Gasteiger partial charge on any atom is -0.497 e. The Labute approximate surface area is 115 Å². The van der Waals surface area contributed by atoms with E-state index in [0.717, 1.165) is 16.2 Å². The number of nitrogens with one attached hydrogen (secondary N) is 2. The molecule has 0 saturated carbocycles. The standard InChI is InChI=1S/C13H15N3O2S/c1-9-7-15-13(19-9)16-12(17)14-8-10-4-3-5-11(6-10)18-2/h3-7H,8H2,1-2H3,(H2,14,15,16,17). The van der Waals surface area contributed by atoms with Crippen LogP contribution in [0, 0.1) is 6.92 Å². The second-order valence-corrected chi connectivity index (χ2v) is 5.17. The van der Waals surface area contributed by atoms with Crippen molar-refractivity contribution in [3.05, 3.63) is 40.9 Å². The third-order valence-electron chi connectivity index (χ3n) is 2.43. The monoisotopic (exact) mass is 277 g/mol. The van der Waals surface area contributed by atoms with Crippen LogP contribution in [0.4, 0.5) is 9.93 Å². The third-order valence-corrected chi connectivity index (χ3v) is 3.26. The number of thiazole rings is 1. The van der Waals surface area contributed by atoms with Gasteiger partial charge in [0.15, 0.2) is 5.13 Å². The molecule has 0 aliphatic heterocycles. The number of rotatable bonds is 4. The van der Waals surface area contributed by atoms with E-state index in [4.69, 9.17) is 4.74 Å². The normalized spacial score (nSPS) is 10.0. The van der Waals surface area contributed by atoms with Crippen LogP contribution < -0.4 is 15.4 Å². The summed E-state index contributed by atoms with van der Waals surface area (Å²) in [5.74, 6) is 0.773. The highest BCUT2D eigenvalue weighted by atomic mass is 32.1. The molecule has 2 aromatic rings. The number of hydrogen-bond acceptors (Lipinski definition) is 4. The van der Waals surface area contributed by atoms with Gasteiger partial charge in [0.25, 0.3) is 0 Å². The van der Waals surface area contributed by atoms with Crippen LogP contribution in [0.25, 0.3) is 0 Å². The fourth-order valence-electron chi connectivity index (χ4n) is 1.52. The smallest absolute Gasteiger partial charge is 0.321 e. The average Bonchev–Trinajstić information content (AvgIpc) is 2.82. The minimum atomic E-state index is -0.267. The van der Waals surface area contributed by atoms with Crippen LogP contribution in [-0.4, -0.2) is 18.1 Å². The Morgan fingerprint density at radius 3 is 3.00 bits per heavy atom. The molecule has 100 valence electrons. The summed E-state index contributed by atoms with van der Waals surface area (Å²) in [5.41, 5.74) is 0.977. The number of benzene rings is 1. The summed E-state index contributed by atoms with van der Waals surface area (Å²) in [7, 11) is 1.62. The van der Waals surface area contributed by atoms with Crippen molar-refractivity contribution in [2.45, 2.75) is 13.5 Å². The fourth-order valence-corrected chi connectivity index (χ4v) is 2.18. The highest BCUT2D eigenvalue weighted by Gasteiger charge is 2.04. The first kappa shape index (κ1) is 13.4. The predicted octanol–water partition coefficient (Wildman–Crippen LogP) is 2.78. The molecular weight excluding hydrogens is 262 g/mol. The maximum atomic E-state index is 11.7. The van der Waals surface area contributed by atoms with E-state index in [-0.39, 0.29) is 6.03 Å². The van der Waals surface area contributed by atoms with Gasteiger partial charge in [0.05, 0.1) is 7.11 Å². The van der Waals surface area contributed by atoms with Crippen molar-refractivity contribution in [2.24, 2.45) is 0 Å². The van der Waals surface area contributed by atoms with Gasteiger partial charge in [-0.3, -0.25) is 5.32 Å². The summed E-state index contributed by atoms with van der Waals surface area (Å²) in [6.45, 7) is 2.38. The molecule has 2 N–H and O–H groups in total. The number of methoxy groups -OCH3 is 1. The minimum absolute atomic E-state index is 0.267. The maximum absolute atomic E-state index is 11.7. The van der Waals surface area contributed by atoms with E-state index in [9.17, 15) is 4.79 Å². The second kappa shape index (κ2) is 6.19. The highest BCUT2D eigenvalue weighted by molar-refractivity contribution is 7.15. The summed E-state index contributed by atoms with van der Waals surface area (Å²) in [6.07, 6.45) is 1.72. The Balaban J connectivity index is 1.86. The molecule has 0 aliphatic rings. The Kier molecular flexibility index (Phi) is 4.35. The van der Waals surface area contributed by atoms with E-state index >= 15 is 0 Å². The molecule has 5 nitrogen and oxygen atoms in total. The molecule has 1 heterocycles. The van der Waals surface area contributed by atoms with Crippen molar-refractivity contribution in [3.63, 3.8) is 0 Å². The van der Waals surface area contributed by atoms with E-state index in [1.807, 2.05) is 31.2 Å². The zero-order valence-corrected chi connectivity index (χ0v) is 11.6. The quantitative estimate of drug-likeness (QED) is 0.903. The maximum Gasteiger partial charge on any atom is 0.321 e. The number of ether oxygens (including phenoxy) is 1. The lowest BCUT2D eigenvalue weighted by Crippen LogP contribution is -2.28. The van der Waals surface area contributed by atoms with Crippen LogP contribution >= 0.6 is 11.3 Å². The van der Waals surface area contributed by atoms with Crippen molar-refractivity contribution < 1.29 is 9.53 Å². The van der Waals surface area contributed by atoms with E-state index in [2.05, 4.69) is 15.6 Å². The molecule has 0 saturated heterocycles.